The van der Waals surface area contributed by atoms with E-state index >= 15 is 0 Å². The van der Waals surface area contributed by atoms with Gasteiger partial charge in [0, 0.05) is 42.2 Å². The zero-order chi connectivity index (χ0) is 23.9. The largest absolute Gasteiger partial charge is 0.461 e. The number of carbonyl (C=O) groups is 1. The lowest BCUT2D eigenvalue weighted by molar-refractivity contribution is 0.0767. The number of aromatic nitrogens is 4. The minimum Gasteiger partial charge on any atom is -0.461 e. The van der Waals surface area contributed by atoms with Crippen molar-refractivity contribution in [2.24, 2.45) is 0 Å². The Morgan fingerprint density at radius 2 is 1.86 bits per heavy atom. The van der Waals surface area contributed by atoms with Crippen LogP contribution in [0.4, 0.5) is 5.95 Å². The molecule has 1 aliphatic rings. The predicted molar refractivity (Wildman–Crippen MR) is 135 cm³/mol. The summed E-state index contributed by atoms with van der Waals surface area (Å²) in [6, 6.07) is 17.0. The highest BCUT2D eigenvalue weighted by atomic mass is 35.5. The van der Waals surface area contributed by atoms with Crippen molar-refractivity contribution in [3.05, 3.63) is 77.0 Å². The third-order valence-corrected chi connectivity index (χ3v) is 6.63. The summed E-state index contributed by atoms with van der Waals surface area (Å²) in [6.45, 7) is 4.65. The summed E-state index contributed by atoms with van der Waals surface area (Å²) in [6.07, 6.45) is 2.43. The zero-order valence-electron chi connectivity index (χ0n) is 19.2. The van der Waals surface area contributed by atoms with Crippen molar-refractivity contribution in [1.82, 2.24) is 24.5 Å². The fourth-order valence-corrected chi connectivity index (χ4v) is 4.74. The van der Waals surface area contributed by atoms with Crippen molar-refractivity contribution in [3.63, 3.8) is 0 Å². The second-order valence-corrected chi connectivity index (χ2v) is 9.17. The summed E-state index contributed by atoms with van der Waals surface area (Å²) in [5, 5.41) is 10.4. The number of furan rings is 1. The van der Waals surface area contributed by atoms with Crippen molar-refractivity contribution in [1.29, 1.82) is 0 Å². The Morgan fingerprint density at radius 3 is 2.66 bits per heavy atom. The van der Waals surface area contributed by atoms with Gasteiger partial charge >= 0.3 is 0 Å². The minimum absolute atomic E-state index is 0.0517. The molecule has 0 bridgehead atoms. The maximum Gasteiger partial charge on any atom is 0.253 e. The van der Waals surface area contributed by atoms with Gasteiger partial charge in [0.1, 0.15) is 0 Å². The maximum absolute atomic E-state index is 13.1. The lowest BCUT2D eigenvalue weighted by Crippen LogP contribution is -2.36. The van der Waals surface area contributed by atoms with Crippen molar-refractivity contribution in [2.45, 2.75) is 13.3 Å². The van der Waals surface area contributed by atoms with Gasteiger partial charge in [-0.2, -0.15) is 0 Å². The molecule has 176 valence electrons. The number of hydrogen-bond acceptors (Lipinski definition) is 6. The molecule has 3 aromatic heterocycles. The SMILES string of the molecule is Cc1ccc(C(=O)N2CCCN(c3nc4cc(Cl)ccc4c4nnc(-c5ccco5)n34)CC2)cc1. The number of amides is 1. The van der Waals surface area contributed by atoms with Crippen LogP contribution in [0.1, 0.15) is 22.3 Å². The Labute approximate surface area is 206 Å². The molecule has 1 fully saturated rings. The van der Waals surface area contributed by atoms with E-state index in [2.05, 4.69) is 15.1 Å². The number of carbonyl (C=O) groups excluding carboxylic acids is 1. The van der Waals surface area contributed by atoms with E-state index in [0.717, 1.165) is 29.4 Å². The molecule has 0 unspecified atom stereocenters. The van der Waals surface area contributed by atoms with E-state index < -0.39 is 0 Å². The third kappa shape index (κ3) is 3.89. The van der Waals surface area contributed by atoms with Gasteiger partial charge in [0.15, 0.2) is 11.4 Å². The predicted octanol–water partition coefficient (Wildman–Crippen LogP) is 4.85. The molecule has 1 amide bonds. The summed E-state index contributed by atoms with van der Waals surface area (Å²) in [4.78, 5) is 22.2. The highest BCUT2D eigenvalue weighted by Crippen LogP contribution is 2.30. The average Bonchev–Trinajstić information content (AvgIpc) is 3.48. The number of aryl methyl sites for hydroxylation is 1. The number of halogens is 1. The van der Waals surface area contributed by atoms with E-state index in [4.69, 9.17) is 21.0 Å². The smallest absolute Gasteiger partial charge is 0.253 e. The van der Waals surface area contributed by atoms with Gasteiger partial charge in [-0.05, 0) is 55.8 Å². The first-order chi connectivity index (χ1) is 17.1. The molecular formula is C26H23ClN6O2. The number of hydrogen-bond donors (Lipinski definition) is 0. The molecule has 0 atom stereocenters. The van der Waals surface area contributed by atoms with Gasteiger partial charge < -0.3 is 14.2 Å². The molecule has 1 aliphatic heterocycles. The van der Waals surface area contributed by atoms with Gasteiger partial charge in [-0.3, -0.25) is 4.79 Å². The molecule has 2 aromatic carbocycles. The fraction of sp³-hybridized carbons (Fsp3) is 0.231. The first-order valence-corrected chi connectivity index (χ1v) is 12.0. The van der Waals surface area contributed by atoms with Gasteiger partial charge in [-0.1, -0.05) is 29.3 Å². The van der Waals surface area contributed by atoms with Crippen LogP contribution in [0.15, 0.2) is 65.3 Å². The summed E-state index contributed by atoms with van der Waals surface area (Å²) in [7, 11) is 0. The highest BCUT2D eigenvalue weighted by molar-refractivity contribution is 6.31. The lowest BCUT2D eigenvalue weighted by atomic mass is 10.1. The Hall–Kier alpha value is -3.91. The minimum atomic E-state index is 0.0517. The van der Waals surface area contributed by atoms with E-state index in [1.165, 1.54) is 0 Å². The van der Waals surface area contributed by atoms with E-state index in [9.17, 15) is 4.79 Å². The van der Waals surface area contributed by atoms with Crippen molar-refractivity contribution in [2.75, 3.05) is 31.1 Å². The fourth-order valence-electron chi connectivity index (χ4n) is 4.57. The van der Waals surface area contributed by atoms with Crippen LogP contribution in [0.25, 0.3) is 28.1 Å². The van der Waals surface area contributed by atoms with Crippen LogP contribution in [0.5, 0.6) is 0 Å². The molecule has 0 N–H and O–H groups in total. The van der Waals surface area contributed by atoms with Crippen LogP contribution in [-0.2, 0) is 0 Å². The molecule has 0 spiro atoms. The summed E-state index contributed by atoms with van der Waals surface area (Å²) < 4.78 is 7.58. The number of anilines is 1. The molecule has 5 aromatic rings. The quantitative estimate of drug-likeness (QED) is 0.362. The van der Waals surface area contributed by atoms with E-state index in [-0.39, 0.29) is 5.91 Å². The first-order valence-electron chi connectivity index (χ1n) is 11.6. The summed E-state index contributed by atoms with van der Waals surface area (Å²) in [5.41, 5.74) is 3.28. The van der Waals surface area contributed by atoms with Crippen LogP contribution in [0, 0.1) is 6.92 Å². The maximum atomic E-state index is 13.1. The number of fused-ring (bicyclic) bond motifs is 3. The standard InChI is InChI=1S/C26H23ClN6O2/c1-17-5-7-18(8-6-17)25(34)31-11-3-12-32(14-13-31)26-28-21-16-19(27)9-10-20(21)23-29-30-24(33(23)26)22-4-2-15-35-22/h2,4-10,15-16H,3,11-14H2,1H3. The van der Waals surface area contributed by atoms with Crippen LogP contribution in [-0.4, -0.2) is 56.6 Å². The van der Waals surface area contributed by atoms with E-state index in [1.54, 1.807) is 6.26 Å². The second kappa shape index (κ2) is 8.70. The van der Waals surface area contributed by atoms with Crippen LogP contribution in [0.3, 0.4) is 0 Å². The molecule has 0 saturated carbocycles. The second-order valence-electron chi connectivity index (χ2n) is 8.73. The molecule has 0 radical (unpaired) electrons. The Bertz CT molecular complexity index is 1530. The highest BCUT2D eigenvalue weighted by Gasteiger charge is 2.25. The van der Waals surface area contributed by atoms with E-state index in [0.29, 0.717) is 53.4 Å². The normalized spacial score (nSPS) is 14.6. The lowest BCUT2D eigenvalue weighted by Gasteiger charge is -2.24. The van der Waals surface area contributed by atoms with E-state index in [1.807, 2.05) is 70.8 Å². The average molecular weight is 487 g/mol. The molecule has 35 heavy (non-hydrogen) atoms. The monoisotopic (exact) mass is 486 g/mol. The van der Waals surface area contributed by atoms with Gasteiger partial charge in [0.2, 0.25) is 11.8 Å². The number of rotatable bonds is 3. The number of nitrogens with zero attached hydrogens (tertiary/aromatic N) is 6. The van der Waals surface area contributed by atoms with Gasteiger partial charge in [0.25, 0.3) is 5.91 Å². The van der Waals surface area contributed by atoms with Crippen LogP contribution >= 0.6 is 11.6 Å². The van der Waals surface area contributed by atoms with Gasteiger partial charge in [0.05, 0.1) is 11.8 Å². The molecule has 8 nitrogen and oxygen atoms in total. The Morgan fingerprint density at radius 1 is 1.00 bits per heavy atom. The molecule has 4 heterocycles. The number of benzene rings is 2. The zero-order valence-corrected chi connectivity index (χ0v) is 19.9. The molecule has 9 heteroatoms. The summed E-state index contributed by atoms with van der Waals surface area (Å²) in [5.74, 6) is 1.95. The topological polar surface area (TPSA) is 79.8 Å². The van der Waals surface area contributed by atoms with Crippen molar-refractivity contribution < 1.29 is 9.21 Å². The molecule has 0 aliphatic carbocycles. The van der Waals surface area contributed by atoms with Gasteiger partial charge in [-0.25, -0.2) is 9.38 Å². The molecule has 1 saturated heterocycles. The van der Waals surface area contributed by atoms with Gasteiger partial charge in [-0.15, -0.1) is 10.2 Å². The molecule has 6 rings (SSSR count). The summed E-state index contributed by atoms with van der Waals surface area (Å²) >= 11 is 6.29. The van der Waals surface area contributed by atoms with Crippen molar-refractivity contribution in [3.8, 4) is 11.6 Å². The first kappa shape index (κ1) is 21.6. The van der Waals surface area contributed by atoms with Crippen LogP contribution in [0.2, 0.25) is 5.02 Å². The Balaban J connectivity index is 1.39. The molecular weight excluding hydrogens is 464 g/mol. The Kier molecular flexibility index (Phi) is 5.37. The van der Waals surface area contributed by atoms with Crippen molar-refractivity contribution >= 4 is 40.0 Å². The van der Waals surface area contributed by atoms with Crippen LogP contribution < -0.4 is 4.90 Å². The third-order valence-electron chi connectivity index (χ3n) is 6.39.